The van der Waals surface area contributed by atoms with Gasteiger partial charge in [0.2, 0.25) is 0 Å². The molecule has 2 unspecified atom stereocenters. The fourth-order valence-electron chi connectivity index (χ4n) is 5.16. The topological polar surface area (TPSA) is 270 Å². The molecule has 26 heteroatoms. The molecule has 0 amide bonds. The van der Waals surface area contributed by atoms with Crippen molar-refractivity contribution in [3.05, 3.63) is 45.8 Å². The first-order valence-electron chi connectivity index (χ1n) is 14.5. The summed E-state index contributed by atoms with van der Waals surface area (Å²) in [5.74, 6) is -0.753. The average Bonchev–Trinajstić information content (AvgIpc) is 3.69. The summed E-state index contributed by atoms with van der Waals surface area (Å²) in [4.78, 5) is 60.6. The van der Waals surface area contributed by atoms with Crippen molar-refractivity contribution in [2.45, 2.75) is 69.2 Å². The third-order valence-corrected chi connectivity index (χ3v) is 11.7. The van der Waals surface area contributed by atoms with Crippen molar-refractivity contribution in [2.24, 2.45) is 0 Å². The maximum Gasteiger partial charge on any atom is 0.509 e. The number of carbonyl (C=O) groups excluding carboxylic acids is 1. The molecule has 2 bridgehead atoms. The third kappa shape index (κ3) is 7.64. The molecule has 274 valence electrons. The molecular formula is C24H29F2N7O14P2S. The Kier molecular flexibility index (Phi) is 10.5. The van der Waals surface area contributed by atoms with Crippen LogP contribution in [0.4, 0.5) is 19.4 Å². The minimum atomic E-state index is -5.26. The number of imidazole rings is 1. The molecule has 0 spiro atoms. The van der Waals surface area contributed by atoms with Gasteiger partial charge < -0.3 is 29.6 Å². The van der Waals surface area contributed by atoms with Crippen LogP contribution in [0.1, 0.15) is 26.3 Å². The molecule has 3 aliphatic rings. The van der Waals surface area contributed by atoms with E-state index in [0.29, 0.717) is 4.57 Å². The van der Waals surface area contributed by atoms with E-state index in [-0.39, 0.29) is 28.4 Å². The van der Waals surface area contributed by atoms with E-state index in [1.807, 2.05) is 4.98 Å². The Hall–Kier alpha value is -3.31. The lowest BCUT2D eigenvalue weighted by atomic mass is 10.1. The van der Waals surface area contributed by atoms with E-state index in [0.717, 1.165) is 24.9 Å². The molecule has 3 fully saturated rings. The van der Waals surface area contributed by atoms with Gasteiger partial charge >= 0.3 is 26.5 Å². The average molecular weight is 772 g/mol. The summed E-state index contributed by atoms with van der Waals surface area (Å²) in [7, 11) is -5.26. The zero-order valence-electron chi connectivity index (χ0n) is 25.8. The van der Waals surface area contributed by atoms with Gasteiger partial charge in [0.1, 0.15) is 36.3 Å². The van der Waals surface area contributed by atoms with Crippen LogP contribution >= 0.6 is 26.0 Å². The number of ether oxygens (including phenoxy) is 4. The summed E-state index contributed by atoms with van der Waals surface area (Å²) in [6.45, 7) is -3.55. The number of nitrogen functional groups attached to an aromatic ring is 1. The number of nitrogens with two attached hydrogens (primary N) is 1. The number of carbonyl (C=O) groups is 1. The lowest BCUT2D eigenvalue weighted by molar-refractivity contribution is -0.0621. The van der Waals surface area contributed by atoms with Crippen LogP contribution in [-0.4, -0.2) is 102 Å². The van der Waals surface area contributed by atoms with E-state index in [2.05, 4.69) is 15.0 Å². The van der Waals surface area contributed by atoms with Gasteiger partial charge in [-0.3, -0.25) is 37.0 Å². The predicted octanol–water partition coefficient (Wildman–Crippen LogP) is 1.71. The van der Waals surface area contributed by atoms with Crippen molar-refractivity contribution in [1.29, 1.82) is 0 Å². The molecule has 0 aromatic carbocycles. The summed E-state index contributed by atoms with van der Waals surface area (Å²) < 4.78 is 104. The molecular weight excluding hydrogens is 742 g/mol. The molecule has 10 atom stereocenters. The van der Waals surface area contributed by atoms with Crippen molar-refractivity contribution < 1.29 is 64.6 Å². The smallest absolute Gasteiger partial charge is 0.432 e. The van der Waals surface area contributed by atoms with E-state index in [4.69, 9.17) is 42.8 Å². The van der Waals surface area contributed by atoms with Gasteiger partial charge in [0.15, 0.2) is 42.2 Å². The van der Waals surface area contributed by atoms with Gasteiger partial charge in [-0.05, 0) is 13.8 Å². The van der Waals surface area contributed by atoms with E-state index >= 15 is 8.78 Å². The predicted molar refractivity (Wildman–Crippen MR) is 163 cm³/mol. The van der Waals surface area contributed by atoms with Crippen molar-refractivity contribution in [2.75, 3.05) is 24.9 Å². The molecule has 6 heterocycles. The number of H-pyrrole nitrogens is 1. The maximum absolute atomic E-state index is 16.2. The van der Waals surface area contributed by atoms with Crippen LogP contribution in [0.2, 0.25) is 0 Å². The van der Waals surface area contributed by atoms with Crippen LogP contribution in [-0.2, 0) is 46.2 Å². The Labute approximate surface area is 282 Å². The third-order valence-electron chi connectivity index (χ3n) is 7.34. The summed E-state index contributed by atoms with van der Waals surface area (Å²) in [6.07, 6.45) is -13.8. The molecule has 0 saturated carbocycles. The molecule has 6 rings (SSSR count). The number of nitrogens with zero attached hydrogens (tertiary/aromatic N) is 5. The van der Waals surface area contributed by atoms with Crippen LogP contribution < -0.4 is 17.0 Å². The Balaban J connectivity index is 1.35. The highest BCUT2D eigenvalue weighted by atomic mass is 32.7. The summed E-state index contributed by atoms with van der Waals surface area (Å²) in [6, 6.07) is 0.898. The molecule has 3 aliphatic heterocycles. The second-order valence-electron chi connectivity index (χ2n) is 11.1. The van der Waals surface area contributed by atoms with E-state index in [1.54, 1.807) is 13.8 Å². The van der Waals surface area contributed by atoms with Crippen molar-refractivity contribution >= 4 is 49.1 Å². The Morgan fingerprint density at radius 3 is 2.56 bits per heavy atom. The van der Waals surface area contributed by atoms with E-state index in [9.17, 15) is 28.4 Å². The molecule has 21 nitrogen and oxygen atoms in total. The molecule has 4 N–H and O–H groups in total. The number of aromatic amines is 1. The number of fused-ring (bicyclic) bond motifs is 4. The zero-order valence-corrected chi connectivity index (χ0v) is 28.4. The minimum absolute atomic E-state index is 0.0314. The number of phosphoric ester groups is 1. The number of alkyl halides is 2. The van der Waals surface area contributed by atoms with Crippen LogP contribution in [0.15, 0.2) is 34.5 Å². The second-order valence-corrected chi connectivity index (χ2v) is 16.5. The summed E-state index contributed by atoms with van der Waals surface area (Å²) in [5, 5.41) is 0. The highest BCUT2D eigenvalue weighted by molar-refractivity contribution is 8.55. The Bertz CT molecular complexity index is 1950. The SMILES string of the molecule is CC(C)OC(=O)OCSP1(=O)OC[C@H]2O[C@@H](n3ccc(=O)[nH]c3=O)[C@H](F)[C@@H]2OP(=O)(O)OC[C@H]2O[C@@H](n3cnc4c(N)ncnc43)[C@H](O1)[C@@H]2F. The summed E-state index contributed by atoms with van der Waals surface area (Å²) >= 11 is 0.267. The largest absolute Gasteiger partial charge is 0.509 e. The Morgan fingerprint density at radius 2 is 1.82 bits per heavy atom. The van der Waals surface area contributed by atoms with Crippen molar-refractivity contribution in [1.82, 2.24) is 29.1 Å². The van der Waals surface area contributed by atoms with Crippen LogP contribution in [0.25, 0.3) is 11.2 Å². The summed E-state index contributed by atoms with van der Waals surface area (Å²) in [5.41, 5.74) is 4.13. The number of aromatic nitrogens is 6. The first kappa shape index (κ1) is 36.5. The lowest BCUT2D eigenvalue weighted by Gasteiger charge is -2.27. The first-order valence-corrected chi connectivity index (χ1v) is 19.2. The molecule has 0 radical (unpaired) electrons. The van der Waals surface area contributed by atoms with Crippen LogP contribution in [0, 0.1) is 0 Å². The number of halogens is 2. The number of phosphoric acid groups is 1. The molecule has 0 aliphatic carbocycles. The van der Waals surface area contributed by atoms with Gasteiger partial charge in [0.05, 0.1) is 25.6 Å². The molecule has 3 saturated heterocycles. The minimum Gasteiger partial charge on any atom is -0.432 e. The van der Waals surface area contributed by atoms with Crippen LogP contribution in [0.5, 0.6) is 0 Å². The number of rotatable bonds is 6. The highest BCUT2D eigenvalue weighted by Gasteiger charge is 2.55. The van der Waals surface area contributed by atoms with E-state index in [1.165, 1.54) is 4.57 Å². The standard InChI is InChI=1S/C24H29F2N7O14P2S/c1-10(2)43-24(36)40-9-50-49(39)42-6-12-17(15(26)21(45-12)32-4-3-13(34)31-23(32)35)46-48(37,38)41-5-11-14(25)18(47-49)22(44-11)33-8-30-16-19(27)28-7-29-20(16)33/h3-4,7-8,10-12,14-15,17-18,21-22H,5-6,9H2,1-2H3,(H,37,38)(H2,27,28,29)(H,31,34,35)/t11-,12-,14-,15-,17-,18-,21-,22-,49?/m1/s1. The molecule has 3 aromatic heterocycles. The van der Waals surface area contributed by atoms with E-state index < -0.39 is 106 Å². The molecule has 3 aromatic rings. The quantitative estimate of drug-likeness (QED) is 0.183. The van der Waals surface area contributed by atoms with Gasteiger partial charge in [-0.25, -0.2) is 42.5 Å². The second kappa shape index (κ2) is 14.4. The van der Waals surface area contributed by atoms with Gasteiger partial charge in [-0.1, -0.05) is 0 Å². The monoisotopic (exact) mass is 771 g/mol. The van der Waals surface area contributed by atoms with Crippen molar-refractivity contribution in [3.63, 3.8) is 0 Å². The zero-order chi connectivity index (χ0) is 36.0. The van der Waals surface area contributed by atoms with Gasteiger partial charge in [0.25, 0.3) is 5.56 Å². The first-order chi connectivity index (χ1) is 23.6. The number of nitrogens with one attached hydrogen (secondary N) is 1. The Morgan fingerprint density at radius 1 is 1.08 bits per heavy atom. The van der Waals surface area contributed by atoms with Crippen molar-refractivity contribution in [3.8, 4) is 0 Å². The fraction of sp³-hybridized carbons (Fsp3) is 0.583. The number of anilines is 1. The van der Waals surface area contributed by atoms with Gasteiger partial charge in [0, 0.05) is 23.6 Å². The maximum atomic E-state index is 16.2. The van der Waals surface area contributed by atoms with Gasteiger partial charge in [-0.15, -0.1) is 0 Å². The number of hydrogen-bond acceptors (Lipinski definition) is 18. The molecule has 50 heavy (non-hydrogen) atoms. The van der Waals surface area contributed by atoms with Crippen LogP contribution in [0.3, 0.4) is 0 Å². The van der Waals surface area contributed by atoms with Gasteiger partial charge in [-0.2, -0.15) is 0 Å². The lowest BCUT2D eigenvalue weighted by Crippen LogP contribution is -2.36. The number of hydrogen-bond donors (Lipinski definition) is 3. The highest BCUT2D eigenvalue weighted by Crippen LogP contribution is 2.64. The fourth-order valence-corrected chi connectivity index (χ4v) is 8.87. The normalized spacial score (nSPS) is 34.8.